The fourth-order valence-electron chi connectivity index (χ4n) is 2.82. The van der Waals surface area contributed by atoms with E-state index in [0.29, 0.717) is 23.7 Å². The van der Waals surface area contributed by atoms with Crippen LogP contribution >= 0.6 is 11.6 Å². The first-order chi connectivity index (χ1) is 14.1. The van der Waals surface area contributed by atoms with E-state index in [1.807, 2.05) is 65.7 Å². The highest BCUT2D eigenvalue weighted by atomic mass is 35.5. The van der Waals surface area contributed by atoms with Crippen LogP contribution in [0.15, 0.2) is 84.9 Å². The average Bonchev–Trinajstić information content (AvgIpc) is 2.74. The lowest BCUT2D eigenvalue weighted by molar-refractivity contribution is -0.125. The SMILES string of the molecule is O=C(CNC(=O)c1ccc(Cl)cc1)NN(Cc1ccccc1)Cc1ccccc1. The molecule has 0 spiro atoms. The summed E-state index contributed by atoms with van der Waals surface area (Å²) in [6.45, 7) is 0.973. The molecule has 0 aromatic heterocycles. The first kappa shape index (κ1) is 20.6. The van der Waals surface area contributed by atoms with Gasteiger partial charge in [0.2, 0.25) is 0 Å². The average molecular weight is 408 g/mol. The van der Waals surface area contributed by atoms with Gasteiger partial charge >= 0.3 is 0 Å². The third-order valence-corrected chi connectivity index (χ3v) is 4.48. The lowest BCUT2D eigenvalue weighted by Gasteiger charge is -2.23. The molecule has 0 atom stereocenters. The van der Waals surface area contributed by atoms with Gasteiger partial charge in [0.25, 0.3) is 11.8 Å². The highest BCUT2D eigenvalue weighted by molar-refractivity contribution is 6.30. The van der Waals surface area contributed by atoms with E-state index in [1.165, 1.54) is 0 Å². The molecule has 3 aromatic carbocycles. The van der Waals surface area contributed by atoms with Gasteiger partial charge in [0, 0.05) is 23.7 Å². The van der Waals surface area contributed by atoms with Crippen LogP contribution < -0.4 is 10.7 Å². The van der Waals surface area contributed by atoms with E-state index in [1.54, 1.807) is 24.3 Å². The highest BCUT2D eigenvalue weighted by Gasteiger charge is 2.13. The summed E-state index contributed by atoms with van der Waals surface area (Å²) in [5.74, 6) is -0.617. The molecule has 6 heteroatoms. The Morgan fingerprint density at radius 1 is 0.759 bits per heavy atom. The molecule has 5 nitrogen and oxygen atoms in total. The second-order valence-electron chi connectivity index (χ2n) is 6.55. The zero-order chi connectivity index (χ0) is 20.5. The van der Waals surface area contributed by atoms with Crippen LogP contribution in [-0.4, -0.2) is 23.4 Å². The summed E-state index contributed by atoms with van der Waals surface area (Å²) in [5.41, 5.74) is 5.50. The molecular formula is C23H22ClN3O2. The normalized spacial score (nSPS) is 10.6. The van der Waals surface area contributed by atoms with Crippen LogP contribution in [0.1, 0.15) is 21.5 Å². The van der Waals surface area contributed by atoms with E-state index < -0.39 is 0 Å². The number of nitrogens with one attached hydrogen (secondary N) is 2. The zero-order valence-corrected chi connectivity index (χ0v) is 16.6. The van der Waals surface area contributed by atoms with Crippen molar-refractivity contribution in [3.8, 4) is 0 Å². The smallest absolute Gasteiger partial charge is 0.253 e. The van der Waals surface area contributed by atoms with Crippen LogP contribution in [0.2, 0.25) is 5.02 Å². The molecule has 0 aliphatic rings. The van der Waals surface area contributed by atoms with E-state index in [2.05, 4.69) is 10.7 Å². The number of carbonyl (C=O) groups excluding carboxylic acids is 2. The van der Waals surface area contributed by atoms with E-state index in [9.17, 15) is 9.59 Å². The summed E-state index contributed by atoms with van der Waals surface area (Å²) in [6.07, 6.45) is 0. The number of carbonyl (C=O) groups is 2. The van der Waals surface area contributed by atoms with Crippen molar-refractivity contribution in [2.75, 3.05) is 6.54 Å². The van der Waals surface area contributed by atoms with Crippen molar-refractivity contribution in [1.82, 2.24) is 15.8 Å². The predicted octanol–water partition coefficient (Wildman–Crippen LogP) is 3.80. The van der Waals surface area contributed by atoms with Gasteiger partial charge in [-0.1, -0.05) is 72.3 Å². The molecular weight excluding hydrogens is 386 g/mol. The van der Waals surface area contributed by atoms with Crippen LogP contribution in [-0.2, 0) is 17.9 Å². The van der Waals surface area contributed by atoms with Crippen molar-refractivity contribution in [2.45, 2.75) is 13.1 Å². The summed E-state index contributed by atoms with van der Waals surface area (Å²) in [4.78, 5) is 24.6. The third kappa shape index (κ3) is 6.75. The van der Waals surface area contributed by atoms with Gasteiger partial charge in [0.15, 0.2) is 0 Å². The summed E-state index contributed by atoms with van der Waals surface area (Å²) in [5, 5.41) is 5.02. The molecule has 0 bridgehead atoms. The Hall–Kier alpha value is -3.15. The minimum Gasteiger partial charge on any atom is -0.343 e. The quantitative estimate of drug-likeness (QED) is 0.558. The molecule has 29 heavy (non-hydrogen) atoms. The molecule has 0 unspecified atom stereocenters. The van der Waals surface area contributed by atoms with Gasteiger partial charge in [0.1, 0.15) is 0 Å². The van der Waals surface area contributed by atoms with Crippen molar-refractivity contribution >= 4 is 23.4 Å². The molecule has 0 heterocycles. The maximum absolute atomic E-state index is 12.4. The Morgan fingerprint density at radius 3 is 1.79 bits per heavy atom. The fraction of sp³-hybridized carbons (Fsp3) is 0.130. The van der Waals surface area contributed by atoms with E-state index in [-0.39, 0.29) is 18.4 Å². The number of hydrazine groups is 1. The number of halogens is 1. The minimum atomic E-state index is -0.325. The fourth-order valence-corrected chi connectivity index (χ4v) is 2.95. The standard InChI is InChI=1S/C23H22ClN3O2/c24-21-13-11-20(12-14-21)23(29)25-15-22(28)26-27(16-18-7-3-1-4-8-18)17-19-9-5-2-6-10-19/h1-14H,15-17H2,(H,25,29)(H,26,28). The number of amides is 2. The van der Waals surface area contributed by atoms with Crippen LogP contribution in [0.3, 0.4) is 0 Å². The summed E-state index contributed by atoms with van der Waals surface area (Å²) in [7, 11) is 0. The predicted molar refractivity (Wildman–Crippen MR) is 114 cm³/mol. The van der Waals surface area contributed by atoms with Gasteiger partial charge in [-0.2, -0.15) is 0 Å². The van der Waals surface area contributed by atoms with Gasteiger partial charge in [0.05, 0.1) is 6.54 Å². The summed E-state index contributed by atoms with van der Waals surface area (Å²) < 4.78 is 0. The van der Waals surface area contributed by atoms with Gasteiger partial charge in [-0.15, -0.1) is 0 Å². The second kappa shape index (κ2) is 10.4. The topological polar surface area (TPSA) is 61.4 Å². The molecule has 0 fully saturated rings. The maximum atomic E-state index is 12.4. The number of hydrogen-bond donors (Lipinski definition) is 2. The molecule has 2 N–H and O–H groups in total. The lowest BCUT2D eigenvalue weighted by atomic mass is 10.2. The van der Waals surface area contributed by atoms with Crippen LogP contribution in [0.5, 0.6) is 0 Å². The molecule has 0 aliphatic heterocycles. The molecule has 0 saturated carbocycles. The zero-order valence-electron chi connectivity index (χ0n) is 15.8. The molecule has 3 rings (SSSR count). The Morgan fingerprint density at radius 2 is 1.28 bits per heavy atom. The van der Waals surface area contributed by atoms with Gasteiger partial charge in [-0.25, -0.2) is 5.01 Å². The third-order valence-electron chi connectivity index (χ3n) is 4.23. The molecule has 0 radical (unpaired) electrons. The number of nitrogens with zero attached hydrogens (tertiary/aromatic N) is 1. The van der Waals surface area contributed by atoms with Crippen LogP contribution in [0.4, 0.5) is 0 Å². The monoisotopic (exact) mass is 407 g/mol. The Labute approximate surface area is 175 Å². The highest BCUT2D eigenvalue weighted by Crippen LogP contribution is 2.10. The summed E-state index contributed by atoms with van der Waals surface area (Å²) >= 11 is 5.83. The van der Waals surface area contributed by atoms with Crippen molar-refractivity contribution in [2.24, 2.45) is 0 Å². The minimum absolute atomic E-state index is 0.123. The Balaban J connectivity index is 1.59. The van der Waals surface area contributed by atoms with Crippen molar-refractivity contribution in [1.29, 1.82) is 0 Å². The largest absolute Gasteiger partial charge is 0.343 e. The Bertz CT molecular complexity index is 890. The number of hydrogen-bond acceptors (Lipinski definition) is 3. The van der Waals surface area contributed by atoms with Gasteiger partial charge in [-0.3, -0.25) is 15.0 Å². The molecule has 148 valence electrons. The number of rotatable bonds is 8. The van der Waals surface area contributed by atoms with Crippen molar-refractivity contribution in [3.05, 3.63) is 107 Å². The molecule has 3 aromatic rings. The lowest BCUT2D eigenvalue weighted by Crippen LogP contribution is -2.46. The van der Waals surface area contributed by atoms with Crippen molar-refractivity contribution in [3.63, 3.8) is 0 Å². The molecule has 2 amide bonds. The van der Waals surface area contributed by atoms with Crippen LogP contribution in [0.25, 0.3) is 0 Å². The van der Waals surface area contributed by atoms with Gasteiger partial charge in [-0.05, 0) is 35.4 Å². The maximum Gasteiger partial charge on any atom is 0.253 e. The van der Waals surface area contributed by atoms with E-state index >= 15 is 0 Å². The molecule has 0 saturated heterocycles. The Kier molecular flexibility index (Phi) is 7.39. The first-order valence-corrected chi connectivity index (χ1v) is 9.64. The van der Waals surface area contributed by atoms with E-state index in [4.69, 9.17) is 11.6 Å². The second-order valence-corrected chi connectivity index (χ2v) is 6.99. The number of benzene rings is 3. The van der Waals surface area contributed by atoms with Crippen molar-refractivity contribution < 1.29 is 9.59 Å². The molecule has 0 aliphatic carbocycles. The van der Waals surface area contributed by atoms with Crippen LogP contribution in [0, 0.1) is 0 Å². The van der Waals surface area contributed by atoms with Gasteiger partial charge < -0.3 is 5.32 Å². The first-order valence-electron chi connectivity index (χ1n) is 9.26. The van der Waals surface area contributed by atoms with E-state index in [0.717, 1.165) is 11.1 Å². The summed E-state index contributed by atoms with van der Waals surface area (Å²) in [6, 6.07) is 26.3.